The summed E-state index contributed by atoms with van der Waals surface area (Å²) >= 11 is 0. The van der Waals surface area contributed by atoms with Crippen molar-refractivity contribution in [2.75, 3.05) is 25.1 Å². The van der Waals surface area contributed by atoms with Crippen LogP contribution in [0.5, 0.6) is 11.5 Å². The Morgan fingerprint density at radius 3 is 2.46 bits per heavy atom. The number of nitrogens with one attached hydrogen (secondary N) is 1. The first kappa shape index (κ1) is 21.1. The Hall–Kier alpha value is -3.24. The van der Waals surface area contributed by atoms with Gasteiger partial charge in [0, 0.05) is 17.3 Å². The summed E-state index contributed by atoms with van der Waals surface area (Å²) in [5.74, 6) is -0.424. The number of nitriles is 1. The smallest absolute Gasteiger partial charge is 0.128 e. The Morgan fingerprint density at radius 2 is 1.93 bits per heavy atom. The van der Waals surface area contributed by atoms with E-state index >= 15 is 0 Å². The molecule has 1 atom stereocenters. The van der Waals surface area contributed by atoms with Crippen molar-refractivity contribution >= 4 is 11.7 Å². The molecule has 2 aromatic rings. The first-order valence-corrected chi connectivity index (χ1v) is 9.04. The van der Waals surface area contributed by atoms with Gasteiger partial charge in [0.15, 0.2) is 0 Å². The molecule has 0 spiro atoms. The highest BCUT2D eigenvalue weighted by molar-refractivity contribution is 5.79. The van der Waals surface area contributed by atoms with Crippen LogP contribution in [0.2, 0.25) is 0 Å². The number of anilines is 1. The lowest BCUT2D eigenvalue weighted by atomic mass is 9.99. The van der Waals surface area contributed by atoms with E-state index < -0.39 is 12.0 Å². The molecular formula is C21H23N2O5-. The van der Waals surface area contributed by atoms with Crippen molar-refractivity contribution in [2.24, 2.45) is 0 Å². The fraction of sp³-hybridized carbons (Fsp3) is 0.333. The van der Waals surface area contributed by atoms with E-state index in [1.165, 1.54) is 0 Å². The average Bonchev–Trinajstić information content (AvgIpc) is 2.71. The minimum Gasteiger partial charge on any atom is -0.548 e. The average molecular weight is 383 g/mol. The monoisotopic (exact) mass is 383 g/mol. The van der Waals surface area contributed by atoms with E-state index in [1.54, 1.807) is 36.4 Å². The predicted molar refractivity (Wildman–Crippen MR) is 102 cm³/mol. The lowest BCUT2D eigenvalue weighted by Crippen LogP contribution is -2.34. The third kappa shape index (κ3) is 5.15. The van der Waals surface area contributed by atoms with Crippen LogP contribution in [0.15, 0.2) is 36.4 Å². The minimum atomic E-state index is -1.33. The molecule has 2 rings (SSSR count). The second-order valence-electron chi connectivity index (χ2n) is 5.94. The number of aryl methyl sites for hydroxylation is 1. The third-order valence-corrected chi connectivity index (χ3v) is 4.09. The van der Waals surface area contributed by atoms with Gasteiger partial charge in [-0.1, -0.05) is 6.92 Å². The summed E-state index contributed by atoms with van der Waals surface area (Å²) in [4.78, 5) is 11.9. The zero-order chi connectivity index (χ0) is 20.5. The molecule has 0 radical (unpaired) electrons. The normalized spacial score (nSPS) is 11.4. The van der Waals surface area contributed by atoms with E-state index in [4.69, 9.17) is 19.8 Å². The molecule has 0 saturated heterocycles. The van der Waals surface area contributed by atoms with Crippen molar-refractivity contribution in [3.05, 3.63) is 53.1 Å². The van der Waals surface area contributed by atoms with Crippen molar-refractivity contribution in [1.82, 2.24) is 0 Å². The molecule has 2 N–H and O–H groups in total. The highest BCUT2D eigenvalue weighted by Crippen LogP contribution is 2.35. The number of carbonyl (C=O) groups is 1. The quantitative estimate of drug-likeness (QED) is 0.643. The number of aliphatic carboxylic acids is 1. The second-order valence-corrected chi connectivity index (χ2v) is 5.94. The molecule has 0 amide bonds. The van der Waals surface area contributed by atoms with E-state index in [-0.39, 0.29) is 13.2 Å². The fourth-order valence-corrected chi connectivity index (χ4v) is 2.77. The summed E-state index contributed by atoms with van der Waals surface area (Å²) in [5, 5.41) is 32.8. The van der Waals surface area contributed by atoms with E-state index in [0.29, 0.717) is 41.3 Å². The Morgan fingerprint density at radius 1 is 1.21 bits per heavy atom. The van der Waals surface area contributed by atoms with Crippen molar-refractivity contribution in [1.29, 1.82) is 5.26 Å². The molecule has 7 nitrogen and oxygen atoms in total. The van der Waals surface area contributed by atoms with Crippen LogP contribution in [0.1, 0.15) is 36.6 Å². The van der Waals surface area contributed by atoms with Crippen LogP contribution in [0.4, 0.5) is 5.69 Å². The standard InChI is InChI=1S/C21H24N2O5/c1-3-15-11-17(19(28-10-9-24)12-18(15)27-4-2)20(21(25)26)23-16-7-5-14(13-22)6-8-16/h5-8,11-12,20,23-24H,3-4,9-10H2,1-2H3,(H,25,26)/p-1. The molecule has 0 aromatic heterocycles. The Labute approximate surface area is 164 Å². The lowest BCUT2D eigenvalue weighted by molar-refractivity contribution is -0.307. The molecule has 0 aliphatic heterocycles. The number of carbonyl (C=O) groups excluding carboxylic acids is 1. The van der Waals surface area contributed by atoms with Crippen LogP contribution < -0.4 is 19.9 Å². The molecular weight excluding hydrogens is 360 g/mol. The van der Waals surface area contributed by atoms with Gasteiger partial charge in [-0.25, -0.2) is 0 Å². The molecule has 0 aliphatic rings. The van der Waals surface area contributed by atoms with E-state index in [0.717, 1.165) is 5.56 Å². The molecule has 7 heteroatoms. The van der Waals surface area contributed by atoms with Crippen LogP contribution in [0.25, 0.3) is 0 Å². The topological polar surface area (TPSA) is 115 Å². The number of carboxylic acids is 1. The highest BCUT2D eigenvalue weighted by atomic mass is 16.5. The maximum Gasteiger partial charge on any atom is 0.128 e. The summed E-state index contributed by atoms with van der Waals surface area (Å²) in [6.45, 7) is 4.06. The minimum absolute atomic E-state index is 0.0146. The summed E-state index contributed by atoms with van der Waals surface area (Å²) in [7, 11) is 0. The Kier molecular flexibility index (Phi) is 7.66. The molecule has 0 saturated carbocycles. The molecule has 28 heavy (non-hydrogen) atoms. The van der Waals surface area contributed by atoms with Crippen molar-refractivity contribution < 1.29 is 24.5 Å². The molecule has 1 unspecified atom stereocenters. The number of benzene rings is 2. The first-order valence-electron chi connectivity index (χ1n) is 9.04. The number of carboxylic acid groups (broad SMARTS) is 1. The number of aliphatic hydroxyl groups is 1. The summed E-state index contributed by atoms with van der Waals surface area (Å²) in [5.41, 5.74) is 2.20. The number of ether oxygens (including phenoxy) is 2. The summed E-state index contributed by atoms with van der Waals surface area (Å²) in [6.07, 6.45) is 0.638. The fourth-order valence-electron chi connectivity index (χ4n) is 2.77. The lowest BCUT2D eigenvalue weighted by Gasteiger charge is -2.25. The van der Waals surface area contributed by atoms with Crippen molar-refractivity contribution in [3.63, 3.8) is 0 Å². The molecule has 0 heterocycles. The van der Waals surface area contributed by atoms with Gasteiger partial charge in [0.2, 0.25) is 0 Å². The molecule has 0 fully saturated rings. The van der Waals surface area contributed by atoms with Gasteiger partial charge < -0.3 is 29.8 Å². The maximum atomic E-state index is 11.9. The molecule has 2 aromatic carbocycles. The van der Waals surface area contributed by atoms with Crippen LogP contribution in [-0.2, 0) is 11.2 Å². The highest BCUT2D eigenvalue weighted by Gasteiger charge is 2.21. The first-order chi connectivity index (χ1) is 13.5. The number of aliphatic hydroxyl groups excluding tert-OH is 1. The Bertz CT molecular complexity index is 843. The molecule has 0 aliphatic carbocycles. The van der Waals surface area contributed by atoms with Crippen LogP contribution in [-0.4, -0.2) is 30.9 Å². The van der Waals surface area contributed by atoms with Gasteiger partial charge in [-0.2, -0.15) is 5.26 Å². The van der Waals surface area contributed by atoms with Crippen molar-refractivity contribution in [3.8, 4) is 17.6 Å². The van der Waals surface area contributed by atoms with Gasteiger partial charge in [0.25, 0.3) is 0 Å². The second kappa shape index (κ2) is 10.2. The van der Waals surface area contributed by atoms with Crippen molar-refractivity contribution in [2.45, 2.75) is 26.3 Å². The SMILES string of the molecule is CCOc1cc(OCCO)c(C(Nc2ccc(C#N)cc2)C(=O)[O-])cc1CC. The number of rotatable bonds is 10. The van der Waals surface area contributed by atoms with E-state index in [9.17, 15) is 9.90 Å². The number of hydrogen-bond acceptors (Lipinski definition) is 7. The van der Waals surface area contributed by atoms with Crippen LogP contribution >= 0.6 is 0 Å². The molecule has 0 bridgehead atoms. The number of nitrogens with zero attached hydrogens (tertiary/aromatic N) is 1. The maximum absolute atomic E-state index is 11.9. The van der Waals surface area contributed by atoms with Crippen LogP contribution in [0, 0.1) is 11.3 Å². The van der Waals surface area contributed by atoms with Gasteiger partial charge >= 0.3 is 0 Å². The Balaban J connectivity index is 2.47. The van der Waals surface area contributed by atoms with E-state index in [1.807, 2.05) is 19.9 Å². The van der Waals surface area contributed by atoms with E-state index in [2.05, 4.69) is 5.32 Å². The van der Waals surface area contributed by atoms with Gasteiger partial charge in [-0.05, 0) is 49.2 Å². The zero-order valence-corrected chi connectivity index (χ0v) is 15.9. The van der Waals surface area contributed by atoms with Gasteiger partial charge in [0.05, 0.1) is 36.9 Å². The third-order valence-electron chi connectivity index (χ3n) is 4.09. The largest absolute Gasteiger partial charge is 0.548 e. The number of hydrogen-bond donors (Lipinski definition) is 2. The summed E-state index contributed by atoms with van der Waals surface area (Å²) in [6, 6.07) is 10.6. The summed E-state index contributed by atoms with van der Waals surface area (Å²) < 4.78 is 11.2. The van der Waals surface area contributed by atoms with Gasteiger partial charge in [-0.3, -0.25) is 0 Å². The van der Waals surface area contributed by atoms with Gasteiger partial charge in [0.1, 0.15) is 18.1 Å². The zero-order valence-electron chi connectivity index (χ0n) is 15.9. The predicted octanol–water partition coefficient (Wildman–Crippen LogP) is 1.79. The molecule has 148 valence electrons. The van der Waals surface area contributed by atoms with Gasteiger partial charge in [-0.15, -0.1) is 0 Å². The van der Waals surface area contributed by atoms with Crippen LogP contribution in [0.3, 0.4) is 0 Å².